The van der Waals surface area contributed by atoms with Gasteiger partial charge in [-0.25, -0.2) is 0 Å². The monoisotopic (exact) mass is 258 g/mol. The third-order valence-electron chi connectivity index (χ3n) is 3.84. The minimum atomic E-state index is -1.74. The van der Waals surface area contributed by atoms with Crippen molar-refractivity contribution in [2.45, 2.75) is 64.8 Å². The molecule has 0 radical (unpaired) electrons. The van der Waals surface area contributed by atoms with Gasteiger partial charge in [-0.15, -0.1) is 6.58 Å². The van der Waals surface area contributed by atoms with Crippen LogP contribution in [0.3, 0.4) is 0 Å². The molecule has 0 aromatic carbocycles. The second kappa shape index (κ2) is 6.71. The lowest BCUT2D eigenvalue weighted by atomic mass is 9.99. The normalized spacial score (nSPS) is 16.6. The molecule has 2 atom stereocenters. The third kappa shape index (κ3) is 5.36. The molecule has 0 fully saturated rings. The highest BCUT2D eigenvalue weighted by molar-refractivity contribution is 6.74. The van der Waals surface area contributed by atoms with E-state index in [2.05, 4.69) is 47.4 Å². The molecule has 17 heavy (non-hydrogen) atoms. The molecule has 0 spiro atoms. The standard InChI is InChI=1S/C14H30O2Si/c1-8-9-12(2)13(10-11-15)16-17(6,7)14(3,4)5/h8,12-13,15H,1,9-11H2,2-7H3/t12-,13+/m1/s1. The van der Waals surface area contributed by atoms with Crippen LogP contribution in [0.2, 0.25) is 18.1 Å². The first-order valence-corrected chi connectivity index (χ1v) is 9.46. The molecule has 0 aromatic heterocycles. The van der Waals surface area contributed by atoms with Gasteiger partial charge in [0.25, 0.3) is 0 Å². The summed E-state index contributed by atoms with van der Waals surface area (Å²) in [7, 11) is -1.74. The molecule has 0 unspecified atom stereocenters. The van der Waals surface area contributed by atoms with Gasteiger partial charge in [0.1, 0.15) is 0 Å². The van der Waals surface area contributed by atoms with E-state index in [1.54, 1.807) is 0 Å². The second-order valence-corrected chi connectivity index (χ2v) is 11.2. The maximum absolute atomic E-state index is 9.16. The number of hydrogen-bond acceptors (Lipinski definition) is 2. The summed E-state index contributed by atoms with van der Waals surface area (Å²) in [4.78, 5) is 0. The van der Waals surface area contributed by atoms with Crippen LogP contribution in [0.5, 0.6) is 0 Å². The van der Waals surface area contributed by atoms with Crippen molar-refractivity contribution in [1.82, 2.24) is 0 Å². The van der Waals surface area contributed by atoms with Crippen LogP contribution in [-0.4, -0.2) is 26.1 Å². The predicted molar refractivity (Wildman–Crippen MR) is 77.8 cm³/mol. The van der Waals surface area contributed by atoms with Gasteiger partial charge >= 0.3 is 0 Å². The number of rotatable bonds is 7. The van der Waals surface area contributed by atoms with Crippen molar-refractivity contribution in [3.05, 3.63) is 12.7 Å². The van der Waals surface area contributed by atoms with Crippen molar-refractivity contribution < 1.29 is 9.53 Å². The Bertz CT molecular complexity index is 231. The van der Waals surface area contributed by atoms with E-state index in [1.165, 1.54) is 0 Å². The van der Waals surface area contributed by atoms with E-state index in [4.69, 9.17) is 9.53 Å². The highest BCUT2D eigenvalue weighted by Gasteiger charge is 2.39. The van der Waals surface area contributed by atoms with Gasteiger partial charge in [0.05, 0.1) is 6.10 Å². The molecule has 0 rings (SSSR count). The maximum Gasteiger partial charge on any atom is 0.192 e. The van der Waals surface area contributed by atoms with E-state index in [0.717, 1.165) is 12.8 Å². The molecule has 1 N–H and O–H groups in total. The molecule has 0 saturated carbocycles. The molecule has 0 aromatic rings. The van der Waals surface area contributed by atoms with Crippen molar-refractivity contribution in [2.24, 2.45) is 5.92 Å². The summed E-state index contributed by atoms with van der Waals surface area (Å²) in [5.74, 6) is 0.425. The van der Waals surface area contributed by atoms with Gasteiger partial charge in [-0.1, -0.05) is 33.8 Å². The first kappa shape index (κ1) is 16.9. The fraction of sp³-hybridized carbons (Fsp3) is 0.857. The fourth-order valence-electron chi connectivity index (χ4n) is 1.56. The van der Waals surface area contributed by atoms with Crippen LogP contribution < -0.4 is 0 Å². The molecule has 0 saturated heterocycles. The van der Waals surface area contributed by atoms with Gasteiger partial charge < -0.3 is 9.53 Å². The second-order valence-electron chi connectivity index (χ2n) is 6.43. The van der Waals surface area contributed by atoms with Gasteiger partial charge in [0.15, 0.2) is 8.32 Å². The molecule has 0 aliphatic rings. The van der Waals surface area contributed by atoms with Gasteiger partial charge in [-0.3, -0.25) is 0 Å². The van der Waals surface area contributed by atoms with E-state index in [0.29, 0.717) is 5.92 Å². The quantitative estimate of drug-likeness (QED) is 0.553. The van der Waals surface area contributed by atoms with Crippen molar-refractivity contribution in [1.29, 1.82) is 0 Å². The molecule has 0 amide bonds. The minimum Gasteiger partial charge on any atom is -0.414 e. The number of hydrogen-bond donors (Lipinski definition) is 1. The van der Waals surface area contributed by atoms with E-state index < -0.39 is 8.32 Å². The Morgan fingerprint density at radius 2 is 1.88 bits per heavy atom. The summed E-state index contributed by atoms with van der Waals surface area (Å²) < 4.78 is 6.39. The van der Waals surface area contributed by atoms with Crippen molar-refractivity contribution in [3.63, 3.8) is 0 Å². The smallest absolute Gasteiger partial charge is 0.192 e. The van der Waals surface area contributed by atoms with E-state index in [1.807, 2.05) is 6.08 Å². The molecular weight excluding hydrogens is 228 g/mol. The maximum atomic E-state index is 9.16. The predicted octanol–water partition coefficient (Wildman–Crippen LogP) is 3.97. The number of allylic oxidation sites excluding steroid dienone is 1. The average molecular weight is 258 g/mol. The Morgan fingerprint density at radius 1 is 1.35 bits per heavy atom. The Hall–Kier alpha value is -0.123. The van der Waals surface area contributed by atoms with E-state index >= 15 is 0 Å². The Balaban J connectivity index is 4.69. The summed E-state index contributed by atoms with van der Waals surface area (Å²) in [6.45, 7) is 17.4. The van der Waals surface area contributed by atoms with Crippen LogP contribution in [0.25, 0.3) is 0 Å². The van der Waals surface area contributed by atoms with Crippen molar-refractivity contribution in [2.75, 3.05) is 6.61 Å². The van der Waals surface area contributed by atoms with E-state index in [-0.39, 0.29) is 17.7 Å². The van der Waals surface area contributed by atoms with Gasteiger partial charge in [0.2, 0.25) is 0 Å². The van der Waals surface area contributed by atoms with Gasteiger partial charge in [-0.05, 0) is 36.9 Å². The lowest BCUT2D eigenvalue weighted by molar-refractivity contribution is 0.0954. The summed E-state index contributed by atoms with van der Waals surface area (Å²) >= 11 is 0. The highest BCUT2D eigenvalue weighted by atomic mass is 28.4. The summed E-state index contributed by atoms with van der Waals surface area (Å²) in [6.07, 6.45) is 3.75. The molecule has 0 bridgehead atoms. The topological polar surface area (TPSA) is 29.5 Å². The molecule has 0 aliphatic heterocycles. The van der Waals surface area contributed by atoms with Gasteiger partial charge in [0, 0.05) is 6.61 Å². The lowest BCUT2D eigenvalue weighted by Gasteiger charge is -2.40. The van der Waals surface area contributed by atoms with Crippen LogP contribution in [0.15, 0.2) is 12.7 Å². The highest BCUT2D eigenvalue weighted by Crippen LogP contribution is 2.38. The van der Waals surface area contributed by atoms with Crippen LogP contribution in [-0.2, 0) is 4.43 Å². The molecule has 0 heterocycles. The minimum absolute atomic E-state index is 0.152. The lowest BCUT2D eigenvalue weighted by Crippen LogP contribution is -2.45. The summed E-state index contributed by atoms with van der Waals surface area (Å²) in [5.41, 5.74) is 0. The fourth-order valence-corrected chi connectivity index (χ4v) is 3.02. The zero-order chi connectivity index (χ0) is 13.7. The van der Waals surface area contributed by atoms with Crippen LogP contribution in [0.4, 0.5) is 0 Å². The molecule has 102 valence electrons. The number of aliphatic hydroxyl groups excluding tert-OH is 1. The number of aliphatic hydroxyl groups is 1. The molecule has 0 aliphatic carbocycles. The van der Waals surface area contributed by atoms with Crippen molar-refractivity contribution >= 4 is 8.32 Å². The first-order valence-electron chi connectivity index (χ1n) is 6.55. The Morgan fingerprint density at radius 3 is 2.24 bits per heavy atom. The van der Waals surface area contributed by atoms with Crippen molar-refractivity contribution in [3.8, 4) is 0 Å². The third-order valence-corrected chi connectivity index (χ3v) is 8.34. The Labute approximate surface area is 108 Å². The zero-order valence-electron chi connectivity index (χ0n) is 12.4. The summed E-state index contributed by atoms with van der Waals surface area (Å²) in [5, 5.41) is 9.38. The first-order chi connectivity index (χ1) is 7.65. The average Bonchev–Trinajstić information content (AvgIpc) is 2.15. The largest absolute Gasteiger partial charge is 0.414 e. The SMILES string of the molecule is C=CC[C@@H](C)[C@H](CCO)O[Si](C)(C)C(C)(C)C. The molecular formula is C14H30O2Si. The van der Waals surface area contributed by atoms with Crippen LogP contribution in [0, 0.1) is 5.92 Å². The van der Waals surface area contributed by atoms with E-state index in [9.17, 15) is 0 Å². The van der Waals surface area contributed by atoms with Crippen LogP contribution >= 0.6 is 0 Å². The molecule has 3 heteroatoms. The Kier molecular flexibility index (Phi) is 6.67. The zero-order valence-corrected chi connectivity index (χ0v) is 13.4. The van der Waals surface area contributed by atoms with Gasteiger partial charge in [-0.2, -0.15) is 0 Å². The molecule has 2 nitrogen and oxygen atoms in total. The van der Waals surface area contributed by atoms with Crippen LogP contribution in [0.1, 0.15) is 40.5 Å². The summed E-state index contributed by atoms with van der Waals surface area (Å²) in [6, 6.07) is 0.